The van der Waals surface area contributed by atoms with Crippen molar-refractivity contribution >= 4 is 22.6 Å². The third-order valence-corrected chi connectivity index (χ3v) is 4.68. The molecule has 4 aromatic rings. The van der Waals surface area contributed by atoms with Gasteiger partial charge in [-0.25, -0.2) is 4.98 Å². The molecule has 4 rings (SSSR count). The fraction of sp³-hybridized carbons (Fsp3) is 0.167. The average Bonchev–Trinajstić information content (AvgIpc) is 3.08. The quantitative estimate of drug-likeness (QED) is 0.505. The van der Waals surface area contributed by atoms with Crippen molar-refractivity contribution in [3.8, 4) is 17.1 Å². The largest absolute Gasteiger partial charge is 0.494 e. The fourth-order valence-corrected chi connectivity index (χ4v) is 3.39. The minimum atomic E-state index is -0.105. The Bertz CT molecular complexity index is 1150. The second-order valence-corrected chi connectivity index (χ2v) is 6.89. The van der Waals surface area contributed by atoms with Crippen LogP contribution in [0.1, 0.15) is 12.5 Å². The standard InChI is InChI=1S/C24H23N3O2/c1-3-29-20-13-11-19(12-14-20)25-23(28)16-27-22-10-5-4-9-21(22)26-24(27)18-8-6-7-17(2)15-18/h4-15H,3,16H2,1-2H3,(H,25,28). The first-order valence-corrected chi connectivity index (χ1v) is 9.69. The number of carbonyl (C=O) groups is 1. The number of ether oxygens (including phenoxy) is 1. The van der Waals surface area contributed by atoms with Gasteiger partial charge in [-0.3, -0.25) is 4.79 Å². The van der Waals surface area contributed by atoms with Crippen molar-refractivity contribution in [1.29, 1.82) is 0 Å². The highest BCUT2D eigenvalue weighted by Gasteiger charge is 2.15. The molecule has 0 spiro atoms. The summed E-state index contributed by atoms with van der Waals surface area (Å²) in [7, 11) is 0. The van der Waals surface area contributed by atoms with E-state index < -0.39 is 0 Å². The summed E-state index contributed by atoms with van der Waals surface area (Å²) in [6.45, 7) is 4.78. The molecule has 0 radical (unpaired) electrons. The molecule has 0 aliphatic heterocycles. The normalized spacial score (nSPS) is 10.8. The van der Waals surface area contributed by atoms with Gasteiger partial charge in [-0.05, 0) is 56.3 Å². The minimum Gasteiger partial charge on any atom is -0.494 e. The number of hydrogen-bond acceptors (Lipinski definition) is 3. The number of fused-ring (bicyclic) bond motifs is 1. The summed E-state index contributed by atoms with van der Waals surface area (Å²) in [4.78, 5) is 17.6. The molecular weight excluding hydrogens is 362 g/mol. The van der Waals surface area contributed by atoms with Crippen LogP contribution < -0.4 is 10.1 Å². The highest BCUT2D eigenvalue weighted by Crippen LogP contribution is 2.25. The van der Waals surface area contributed by atoms with Gasteiger partial charge >= 0.3 is 0 Å². The van der Waals surface area contributed by atoms with Crippen molar-refractivity contribution in [1.82, 2.24) is 9.55 Å². The Balaban J connectivity index is 1.62. The lowest BCUT2D eigenvalue weighted by Gasteiger charge is -2.11. The van der Waals surface area contributed by atoms with Crippen LogP contribution in [0.4, 0.5) is 5.69 Å². The molecule has 0 aliphatic carbocycles. The summed E-state index contributed by atoms with van der Waals surface area (Å²) in [5, 5.41) is 2.96. The van der Waals surface area contributed by atoms with Gasteiger partial charge in [0, 0.05) is 11.3 Å². The van der Waals surface area contributed by atoms with Crippen LogP contribution in [0.15, 0.2) is 72.8 Å². The molecule has 1 heterocycles. The van der Waals surface area contributed by atoms with Crippen LogP contribution in [0.2, 0.25) is 0 Å². The van der Waals surface area contributed by atoms with Crippen LogP contribution in [-0.2, 0) is 11.3 Å². The SMILES string of the molecule is CCOc1ccc(NC(=O)Cn2c(-c3cccc(C)c3)nc3ccccc32)cc1. The second-order valence-electron chi connectivity index (χ2n) is 6.89. The van der Waals surface area contributed by atoms with Crippen LogP contribution in [0, 0.1) is 6.92 Å². The molecule has 0 saturated heterocycles. The van der Waals surface area contributed by atoms with Gasteiger partial charge in [-0.2, -0.15) is 0 Å². The van der Waals surface area contributed by atoms with Gasteiger partial charge in [0.15, 0.2) is 0 Å². The molecule has 1 amide bonds. The van der Waals surface area contributed by atoms with Gasteiger partial charge in [-0.15, -0.1) is 0 Å². The summed E-state index contributed by atoms with van der Waals surface area (Å²) in [6.07, 6.45) is 0. The van der Waals surface area contributed by atoms with E-state index in [0.29, 0.717) is 6.61 Å². The second kappa shape index (κ2) is 8.19. The lowest BCUT2D eigenvalue weighted by molar-refractivity contribution is -0.116. The van der Waals surface area contributed by atoms with E-state index in [-0.39, 0.29) is 12.5 Å². The van der Waals surface area contributed by atoms with Crippen molar-refractivity contribution in [3.63, 3.8) is 0 Å². The molecule has 0 unspecified atom stereocenters. The molecule has 5 nitrogen and oxygen atoms in total. The smallest absolute Gasteiger partial charge is 0.244 e. The number of aromatic nitrogens is 2. The van der Waals surface area contributed by atoms with Crippen molar-refractivity contribution in [2.45, 2.75) is 20.4 Å². The highest BCUT2D eigenvalue weighted by molar-refractivity contribution is 5.92. The number of anilines is 1. The maximum absolute atomic E-state index is 12.8. The Morgan fingerprint density at radius 1 is 1.03 bits per heavy atom. The predicted octanol–water partition coefficient (Wildman–Crippen LogP) is 5.05. The molecule has 146 valence electrons. The molecule has 3 aromatic carbocycles. The minimum absolute atomic E-state index is 0.105. The number of benzene rings is 3. The molecule has 0 aliphatic rings. The summed E-state index contributed by atoms with van der Waals surface area (Å²) in [5.74, 6) is 1.47. The zero-order chi connectivity index (χ0) is 20.2. The van der Waals surface area contributed by atoms with E-state index in [0.717, 1.165) is 39.4 Å². The van der Waals surface area contributed by atoms with E-state index in [9.17, 15) is 4.79 Å². The molecule has 1 N–H and O–H groups in total. The Morgan fingerprint density at radius 2 is 1.83 bits per heavy atom. The number of imidazole rings is 1. The number of hydrogen-bond donors (Lipinski definition) is 1. The highest BCUT2D eigenvalue weighted by atomic mass is 16.5. The number of para-hydroxylation sites is 2. The Hall–Kier alpha value is -3.60. The third kappa shape index (κ3) is 4.14. The van der Waals surface area contributed by atoms with Gasteiger partial charge in [0.25, 0.3) is 0 Å². The molecule has 0 fully saturated rings. The molecule has 5 heteroatoms. The Morgan fingerprint density at radius 3 is 2.59 bits per heavy atom. The Labute approximate surface area is 170 Å². The number of nitrogens with zero attached hydrogens (tertiary/aromatic N) is 2. The van der Waals surface area contributed by atoms with Crippen LogP contribution in [0.25, 0.3) is 22.4 Å². The van der Waals surface area contributed by atoms with E-state index in [1.165, 1.54) is 0 Å². The predicted molar refractivity (Wildman–Crippen MR) is 116 cm³/mol. The summed E-state index contributed by atoms with van der Waals surface area (Å²) >= 11 is 0. The van der Waals surface area contributed by atoms with E-state index in [2.05, 4.69) is 24.4 Å². The maximum Gasteiger partial charge on any atom is 0.244 e. The number of rotatable bonds is 6. The van der Waals surface area contributed by atoms with E-state index in [4.69, 9.17) is 9.72 Å². The zero-order valence-electron chi connectivity index (χ0n) is 16.6. The molecular formula is C24H23N3O2. The van der Waals surface area contributed by atoms with Crippen molar-refractivity contribution in [2.75, 3.05) is 11.9 Å². The lowest BCUT2D eigenvalue weighted by atomic mass is 10.1. The van der Waals surface area contributed by atoms with Crippen LogP contribution >= 0.6 is 0 Å². The monoisotopic (exact) mass is 385 g/mol. The first-order chi connectivity index (χ1) is 14.1. The summed E-state index contributed by atoms with van der Waals surface area (Å²) in [5.41, 5.74) is 4.69. The third-order valence-electron chi connectivity index (χ3n) is 4.68. The van der Waals surface area contributed by atoms with Crippen LogP contribution in [0.3, 0.4) is 0 Å². The fourth-order valence-electron chi connectivity index (χ4n) is 3.39. The molecule has 1 aromatic heterocycles. The molecule has 29 heavy (non-hydrogen) atoms. The Kier molecular flexibility index (Phi) is 5.29. The number of nitrogens with one attached hydrogen (secondary N) is 1. The zero-order valence-corrected chi connectivity index (χ0v) is 16.6. The van der Waals surface area contributed by atoms with Crippen molar-refractivity contribution < 1.29 is 9.53 Å². The summed E-state index contributed by atoms with van der Waals surface area (Å²) in [6, 6.07) is 23.4. The average molecular weight is 385 g/mol. The number of amides is 1. The number of aryl methyl sites for hydroxylation is 1. The molecule has 0 saturated carbocycles. The van der Waals surface area contributed by atoms with Crippen LogP contribution in [0.5, 0.6) is 5.75 Å². The van der Waals surface area contributed by atoms with Gasteiger partial charge in [0.05, 0.1) is 17.6 Å². The van der Waals surface area contributed by atoms with E-state index >= 15 is 0 Å². The van der Waals surface area contributed by atoms with Gasteiger partial charge in [0.2, 0.25) is 5.91 Å². The first kappa shape index (κ1) is 18.7. The van der Waals surface area contributed by atoms with E-state index in [1.807, 2.05) is 72.2 Å². The first-order valence-electron chi connectivity index (χ1n) is 9.69. The van der Waals surface area contributed by atoms with Crippen molar-refractivity contribution in [2.24, 2.45) is 0 Å². The van der Waals surface area contributed by atoms with Gasteiger partial charge < -0.3 is 14.6 Å². The summed E-state index contributed by atoms with van der Waals surface area (Å²) < 4.78 is 7.41. The van der Waals surface area contributed by atoms with E-state index in [1.54, 1.807) is 0 Å². The van der Waals surface area contributed by atoms with Crippen molar-refractivity contribution in [3.05, 3.63) is 78.4 Å². The maximum atomic E-state index is 12.8. The van der Waals surface area contributed by atoms with Crippen LogP contribution in [-0.4, -0.2) is 22.1 Å². The van der Waals surface area contributed by atoms with Gasteiger partial charge in [0.1, 0.15) is 18.1 Å². The molecule has 0 atom stereocenters. The topological polar surface area (TPSA) is 56.1 Å². The molecule has 0 bridgehead atoms. The number of carbonyl (C=O) groups excluding carboxylic acids is 1. The van der Waals surface area contributed by atoms with Gasteiger partial charge in [-0.1, -0.05) is 35.9 Å². The lowest BCUT2D eigenvalue weighted by Crippen LogP contribution is -2.19.